The summed E-state index contributed by atoms with van der Waals surface area (Å²) in [5, 5.41) is 4.04. The molecule has 1 aliphatic heterocycles. The fourth-order valence-electron chi connectivity index (χ4n) is 1.83. The minimum absolute atomic E-state index is 0.0224. The van der Waals surface area contributed by atoms with E-state index in [-0.39, 0.29) is 18.2 Å². The molecule has 2 unspecified atom stereocenters. The summed E-state index contributed by atoms with van der Waals surface area (Å²) in [6.07, 6.45) is 1.23. The summed E-state index contributed by atoms with van der Waals surface area (Å²) in [6.45, 7) is 4.44. The van der Waals surface area contributed by atoms with E-state index in [0.29, 0.717) is 23.8 Å². The summed E-state index contributed by atoms with van der Waals surface area (Å²) in [6, 6.07) is 0.245. The average Bonchev–Trinajstić information content (AvgIpc) is 2.80. The van der Waals surface area contributed by atoms with Crippen molar-refractivity contribution < 1.29 is 19.0 Å². The first kappa shape index (κ1) is 13.5. The van der Waals surface area contributed by atoms with Gasteiger partial charge in [-0.25, -0.2) is 4.98 Å². The highest BCUT2D eigenvalue weighted by Gasteiger charge is 2.34. The zero-order valence-corrected chi connectivity index (χ0v) is 11.4. The Kier molecular flexibility index (Phi) is 4.16. The Hall–Kier alpha value is -1.89. The fraction of sp³-hybridized carbons (Fsp3) is 0.583. The predicted octanol–water partition coefficient (Wildman–Crippen LogP) is 1.23. The lowest BCUT2D eigenvalue weighted by molar-refractivity contribution is -0.138. The van der Waals surface area contributed by atoms with Crippen LogP contribution in [0.25, 0.3) is 0 Å². The molecule has 7 nitrogen and oxygen atoms in total. The van der Waals surface area contributed by atoms with Crippen LogP contribution in [0.3, 0.4) is 0 Å². The molecule has 0 aromatic carbocycles. The van der Waals surface area contributed by atoms with Crippen molar-refractivity contribution in [3.63, 3.8) is 0 Å². The van der Waals surface area contributed by atoms with Crippen LogP contribution in [0.2, 0.25) is 0 Å². The van der Waals surface area contributed by atoms with Gasteiger partial charge in [-0.05, 0) is 6.92 Å². The summed E-state index contributed by atoms with van der Waals surface area (Å²) in [5.41, 5.74) is 1.39. The summed E-state index contributed by atoms with van der Waals surface area (Å²) in [5.74, 6) is 0.379. The molecule has 2 rings (SSSR count). The zero-order chi connectivity index (χ0) is 13.8. The van der Waals surface area contributed by atoms with Gasteiger partial charge in [0.25, 0.3) is 0 Å². The highest BCUT2D eigenvalue weighted by Crippen LogP contribution is 2.28. The lowest BCUT2D eigenvalue weighted by Gasteiger charge is -2.14. The number of aromatic nitrogens is 2. The molecule has 0 N–H and O–H groups in total. The Morgan fingerprint density at radius 2 is 2.11 bits per heavy atom. The van der Waals surface area contributed by atoms with Gasteiger partial charge in [0, 0.05) is 12.8 Å². The minimum atomic E-state index is -0.383. The van der Waals surface area contributed by atoms with Crippen LogP contribution in [0.4, 0.5) is 0 Å². The molecule has 104 valence electrons. The van der Waals surface area contributed by atoms with E-state index in [1.807, 2.05) is 13.8 Å². The maximum Gasteiger partial charge on any atom is 0.319 e. The van der Waals surface area contributed by atoms with Crippen molar-refractivity contribution in [1.82, 2.24) is 9.97 Å². The quantitative estimate of drug-likeness (QED) is 0.798. The van der Waals surface area contributed by atoms with Gasteiger partial charge >= 0.3 is 6.01 Å². The van der Waals surface area contributed by atoms with Crippen molar-refractivity contribution in [2.45, 2.75) is 20.1 Å². The average molecular weight is 267 g/mol. The topological polar surface area (TPSA) is 75.1 Å². The smallest absolute Gasteiger partial charge is 0.319 e. The number of nitrogens with zero attached hydrogens (tertiary/aromatic N) is 3. The Balaban J connectivity index is 2.27. The molecule has 0 aliphatic carbocycles. The van der Waals surface area contributed by atoms with Gasteiger partial charge in [-0.15, -0.1) is 0 Å². The molecular weight excluding hydrogens is 250 g/mol. The van der Waals surface area contributed by atoms with Crippen molar-refractivity contribution in [3.05, 3.63) is 11.8 Å². The largest absolute Gasteiger partial charge is 0.480 e. The third kappa shape index (κ3) is 2.60. The van der Waals surface area contributed by atoms with Crippen LogP contribution in [-0.4, -0.2) is 42.8 Å². The second-order valence-electron chi connectivity index (χ2n) is 3.97. The van der Waals surface area contributed by atoms with Crippen LogP contribution < -0.4 is 9.47 Å². The number of rotatable bonds is 5. The Morgan fingerprint density at radius 1 is 1.32 bits per heavy atom. The van der Waals surface area contributed by atoms with E-state index in [9.17, 15) is 0 Å². The van der Waals surface area contributed by atoms with E-state index in [1.54, 1.807) is 6.20 Å². The molecule has 1 aliphatic rings. The first-order valence-electron chi connectivity index (χ1n) is 6.02. The van der Waals surface area contributed by atoms with Gasteiger partial charge in [0.1, 0.15) is 5.71 Å². The lowest BCUT2D eigenvalue weighted by atomic mass is 10.0. The fourth-order valence-corrected chi connectivity index (χ4v) is 1.83. The standard InChI is InChI=1S/C12H17N3O4/c1-5-18-11-7(2)9(15-19-11)8-6-13-12(17-4)14-10(8)16-3/h6-7,11H,5H2,1-4H3. The summed E-state index contributed by atoms with van der Waals surface area (Å²) >= 11 is 0. The molecule has 1 aromatic heterocycles. The van der Waals surface area contributed by atoms with Gasteiger partial charge < -0.3 is 19.0 Å². The van der Waals surface area contributed by atoms with Crippen molar-refractivity contribution in [3.8, 4) is 11.9 Å². The SMILES string of the molecule is CCOC1ON=C(c2cnc(OC)nc2OC)C1C. The van der Waals surface area contributed by atoms with E-state index in [2.05, 4.69) is 15.1 Å². The van der Waals surface area contributed by atoms with Crippen LogP contribution in [0.5, 0.6) is 11.9 Å². The van der Waals surface area contributed by atoms with E-state index in [1.165, 1.54) is 14.2 Å². The normalized spacial score (nSPS) is 21.8. The van der Waals surface area contributed by atoms with Crippen molar-refractivity contribution >= 4 is 5.71 Å². The molecule has 7 heteroatoms. The monoisotopic (exact) mass is 267 g/mol. The third-order valence-electron chi connectivity index (χ3n) is 2.81. The van der Waals surface area contributed by atoms with Crippen molar-refractivity contribution in [2.24, 2.45) is 11.1 Å². The second-order valence-corrected chi connectivity index (χ2v) is 3.97. The van der Waals surface area contributed by atoms with Crippen LogP contribution in [0.15, 0.2) is 11.4 Å². The molecule has 1 aromatic rings. The van der Waals surface area contributed by atoms with Gasteiger partial charge in [0.2, 0.25) is 12.2 Å². The third-order valence-corrected chi connectivity index (χ3v) is 2.81. The molecule has 0 spiro atoms. The summed E-state index contributed by atoms with van der Waals surface area (Å²) in [4.78, 5) is 13.4. The Morgan fingerprint density at radius 3 is 2.74 bits per heavy atom. The number of ether oxygens (including phenoxy) is 3. The Labute approximate surface area is 111 Å². The van der Waals surface area contributed by atoms with Gasteiger partial charge in [0.05, 0.1) is 25.7 Å². The molecule has 0 amide bonds. The van der Waals surface area contributed by atoms with Crippen LogP contribution in [0.1, 0.15) is 19.4 Å². The molecule has 19 heavy (non-hydrogen) atoms. The van der Waals surface area contributed by atoms with Gasteiger partial charge in [-0.2, -0.15) is 4.98 Å². The van der Waals surface area contributed by atoms with E-state index in [4.69, 9.17) is 19.0 Å². The highest BCUT2D eigenvalue weighted by atomic mass is 16.8. The lowest BCUT2D eigenvalue weighted by Crippen LogP contribution is -2.24. The number of methoxy groups -OCH3 is 2. The van der Waals surface area contributed by atoms with Crippen molar-refractivity contribution in [2.75, 3.05) is 20.8 Å². The van der Waals surface area contributed by atoms with Crippen LogP contribution in [-0.2, 0) is 9.57 Å². The first-order chi connectivity index (χ1) is 9.21. The minimum Gasteiger partial charge on any atom is -0.480 e. The van der Waals surface area contributed by atoms with E-state index >= 15 is 0 Å². The Bertz CT molecular complexity index is 478. The molecule has 0 fully saturated rings. The first-order valence-corrected chi connectivity index (χ1v) is 6.02. The number of hydrogen-bond acceptors (Lipinski definition) is 7. The molecule has 0 bridgehead atoms. The van der Waals surface area contributed by atoms with Crippen molar-refractivity contribution in [1.29, 1.82) is 0 Å². The van der Waals surface area contributed by atoms with Gasteiger partial charge in [-0.1, -0.05) is 12.1 Å². The van der Waals surface area contributed by atoms with Gasteiger partial charge in [-0.3, -0.25) is 0 Å². The second kappa shape index (κ2) is 5.83. The number of hydrogen-bond donors (Lipinski definition) is 0. The molecule has 0 saturated heterocycles. The molecule has 0 radical (unpaired) electrons. The van der Waals surface area contributed by atoms with Crippen LogP contribution in [0, 0.1) is 5.92 Å². The zero-order valence-electron chi connectivity index (χ0n) is 11.4. The van der Waals surface area contributed by atoms with E-state index < -0.39 is 0 Å². The number of oxime groups is 1. The molecule has 2 atom stereocenters. The molecule has 2 heterocycles. The summed E-state index contributed by atoms with van der Waals surface area (Å²) in [7, 11) is 3.03. The van der Waals surface area contributed by atoms with Gasteiger partial charge in [0.15, 0.2) is 0 Å². The maximum absolute atomic E-state index is 5.44. The summed E-state index contributed by atoms with van der Waals surface area (Å²) < 4.78 is 15.6. The van der Waals surface area contributed by atoms with Crippen LogP contribution >= 0.6 is 0 Å². The highest BCUT2D eigenvalue weighted by molar-refractivity contribution is 6.04. The molecule has 0 saturated carbocycles. The molecular formula is C12H17N3O4. The predicted molar refractivity (Wildman–Crippen MR) is 67.3 cm³/mol. The van der Waals surface area contributed by atoms with E-state index in [0.717, 1.165) is 0 Å². The maximum atomic E-state index is 5.44.